The van der Waals surface area contributed by atoms with Crippen LogP contribution in [0.3, 0.4) is 0 Å². The topological polar surface area (TPSA) is 46.3 Å². The first-order valence-corrected chi connectivity index (χ1v) is 9.18. The molecule has 0 aromatic heterocycles. The van der Waals surface area contributed by atoms with Crippen LogP contribution in [-0.2, 0) is 4.79 Å². The van der Waals surface area contributed by atoms with Gasteiger partial charge in [-0.25, -0.2) is 4.39 Å². The van der Waals surface area contributed by atoms with E-state index < -0.39 is 6.17 Å². The van der Waals surface area contributed by atoms with Crippen molar-refractivity contribution in [3.8, 4) is 0 Å². The third-order valence-electron chi connectivity index (χ3n) is 5.77. The summed E-state index contributed by atoms with van der Waals surface area (Å²) in [5.74, 6) is -0.0113. The van der Waals surface area contributed by atoms with E-state index in [0.29, 0.717) is 6.54 Å². The zero-order chi connectivity index (χ0) is 17.6. The summed E-state index contributed by atoms with van der Waals surface area (Å²) in [6.07, 6.45) is 4.41. The lowest BCUT2D eigenvalue weighted by atomic mass is 9.79. The Morgan fingerprint density at radius 3 is 2.72 bits per heavy atom. The quantitative estimate of drug-likeness (QED) is 0.919. The number of alkyl halides is 1. The lowest BCUT2D eigenvalue weighted by Crippen LogP contribution is -2.34. The minimum Gasteiger partial charge on any atom is -0.341 e. The molecule has 132 valence electrons. The SMILES string of the molecule is CC1=CC(F)C(C2CC2C(=O)N2CCC(N)C2)C(c2ccccc2)=C1. The summed E-state index contributed by atoms with van der Waals surface area (Å²) in [6.45, 7) is 3.33. The third-order valence-corrected chi connectivity index (χ3v) is 5.77. The van der Waals surface area contributed by atoms with Gasteiger partial charge < -0.3 is 10.6 Å². The second-order valence-corrected chi connectivity index (χ2v) is 7.69. The van der Waals surface area contributed by atoms with Crippen LogP contribution in [0, 0.1) is 17.8 Å². The number of amides is 1. The molecule has 3 aliphatic rings. The molecule has 1 saturated carbocycles. The standard InChI is InChI=1S/C21H25FN2O/c1-13-9-16(14-5-3-2-4-6-14)20(19(22)10-13)17-11-18(17)21(25)24-8-7-15(23)12-24/h2-6,9-10,15,17-20H,7-8,11-12,23H2,1H3. The Balaban J connectivity index is 1.55. The molecular weight excluding hydrogens is 315 g/mol. The first-order valence-electron chi connectivity index (χ1n) is 9.18. The van der Waals surface area contributed by atoms with E-state index in [1.807, 2.05) is 42.2 Å². The molecule has 0 bridgehead atoms. The Hall–Kier alpha value is -1.94. The van der Waals surface area contributed by atoms with E-state index in [-0.39, 0.29) is 29.7 Å². The van der Waals surface area contributed by atoms with Crippen molar-refractivity contribution in [2.24, 2.45) is 23.5 Å². The molecule has 2 N–H and O–H groups in total. The second kappa shape index (κ2) is 6.41. The van der Waals surface area contributed by atoms with Crippen molar-refractivity contribution < 1.29 is 9.18 Å². The first kappa shape index (κ1) is 16.5. The lowest BCUT2D eigenvalue weighted by Gasteiger charge is -2.27. The smallest absolute Gasteiger partial charge is 0.226 e. The monoisotopic (exact) mass is 340 g/mol. The van der Waals surface area contributed by atoms with Gasteiger partial charge in [0.25, 0.3) is 0 Å². The predicted molar refractivity (Wildman–Crippen MR) is 97.3 cm³/mol. The molecule has 0 spiro atoms. The van der Waals surface area contributed by atoms with E-state index in [4.69, 9.17) is 5.73 Å². The maximum atomic E-state index is 14.9. The van der Waals surface area contributed by atoms with Crippen LogP contribution in [0.4, 0.5) is 4.39 Å². The number of carbonyl (C=O) groups is 1. The highest BCUT2D eigenvalue weighted by Gasteiger charge is 2.53. The van der Waals surface area contributed by atoms with E-state index >= 15 is 0 Å². The number of likely N-dealkylation sites (tertiary alicyclic amines) is 1. The Kier molecular flexibility index (Phi) is 4.24. The summed E-state index contributed by atoms with van der Waals surface area (Å²) in [4.78, 5) is 14.6. The van der Waals surface area contributed by atoms with Crippen LogP contribution in [0.5, 0.6) is 0 Å². The molecule has 1 heterocycles. The molecule has 2 aliphatic carbocycles. The average Bonchev–Trinajstić information content (AvgIpc) is 3.26. The molecule has 4 rings (SSSR count). The van der Waals surface area contributed by atoms with Gasteiger partial charge in [-0.1, -0.05) is 42.0 Å². The number of halogens is 1. The molecule has 2 fully saturated rings. The van der Waals surface area contributed by atoms with E-state index in [1.165, 1.54) is 0 Å². The van der Waals surface area contributed by atoms with Gasteiger partial charge in [-0.2, -0.15) is 0 Å². The average molecular weight is 340 g/mol. The van der Waals surface area contributed by atoms with Gasteiger partial charge in [0.05, 0.1) is 0 Å². The summed E-state index contributed by atoms with van der Waals surface area (Å²) in [5, 5.41) is 0. The molecule has 1 amide bonds. The Morgan fingerprint density at radius 2 is 2.04 bits per heavy atom. The minimum atomic E-state index is -1.02. The van der Waals surface area contributed by atoms with Crippen molar-refractivity contribution >= 4 is 11.5 Å². The van der Waals surface area contributed by atoms with E-state index in [0.717, 1.165) is 36.1 Å². The number of allylic oxidation sites excluding steroid dienone is 4. The molecular formula is C21H25FN2O. The number of hydrogen-bond acceptors (Lipinski definition) is 2. The molecule has 4 heteroatoms. The molecule has 1 aromatic carbocycles. The highest BCUT2D eigenvalue weighted by molar-refractivity contribution is 5.83. The van der Waals surface area contributed by atoms with Gasteiger partial charge in [-0.3, -0.25) is 4.79 Å². The van der Waals surface area contributed by atoms with Crippen LogP contribution < -0.4 is 5.73 Å². The number of hydrogen-bond donors (Lipinski definition) is 1. The highest BCUT2D eigenvalue weighted by atomic mass is 19.1. The van der Waals surface area contributed by atoms with Crippen molar-refractivity contribution in [2.45, 2.75) is 32.0 Å². The van der Waals surface area contributed by atoms with Gasteiger partial charge in [-0.05, 0) is 42.9 Å². The Labute approximate surface area is 148 Å². The molecule has 5 unspecified atom stereocenters. The van der Waals surface area contributed by atoms with E-state index in [1.54, 1.807) is 6.08 Å². The van der Waals surface area contributed by atoms with Gasteiger partial charge in [0.15, 0.2) is 0 Å². The fourth-order valence-corrected chi connectivity index (χ4v) is 4.41. The predicted octanol–water partition coefficient (Wildman–Crippen LogP) is 3.18. The van der Waals surface area contributed by atoms with Crippen molar-refractivity contribution in [2.75, 3.05) is 13.1 Å². The van der Waals surface area contributed by atoms with Crippen LogP contribution in [0.1, 0.15) is 25.3 Å². The maximum absolute atomic E-state index is 14.9. The highest BCUT2D eigenvalue weighted by Crippen LogP contribution is 2.53. The van der Waals surface area contributed by atoms with Crippen LogP contribution in [0.2, 0.25) is 0 Å². The molecule has 1 aromatic rings. The largest absolute Gasteiger partial charge is 0.341 e. The first-order chi connectivity index (χ1) is 12.0. The number of nitrogens with two attached hydrogens (primary N) is 1. The fourth-order valence-electron chi connectivity index (χ4n) is 4.41. The molecule has 3 nitrogen and oxygen atoms in total. The molecule has 0 radical (unpaired) electrons. The van der Waals surface area contributed by atoms with Gasteiger partial charge in [0, 0.05) is 31.0 Å². The molecule has 1 saturated heterocycles. The van der Waals surface area contributed by atoms with Gasteiger partial charge >= 0.3 is 0 Å². The Bertz CT molecular complexity index is 727. The number of carbonyl (C=O) groups excluding carboxylic acids is 1. The van der Waals surface area contributed by atoms with E-state index in [9.17, 15) is 9.18 Å². The van der Waals surface area contributed by atoms with Gasteiger partial charge in [0.2, 0.25) is 5.91 Å². The summed E-state index contributed by atoms with van der Waals surface area (Å²) < 4.78 is 14.9. The third kappa shape index (κ3) is 3.15. The number of benzene rings is 1. The maximum Gasteiger partial charge on any atom is 0.226 e. The van der Waals surface area contributed by atoms with Crippen molar-refractivity contribution in [3.63, 3.8) is 0 Å². The Morgan fingerprint density at radius 1 is 1.28 bits per heavy atom. The molecule has 1 aliphatic heterocycles. The normalized spacial score (nSPS) is 34.5. The van der Waals surface area contributed by atoms with E-state index in [2.05, 4.69) is 6.08 Å². The zero-order valence-electron chi connectivity index (χ0n) is 14.6. The van der Waals surface area contributed by atoms with Crippen LogP contribution in [0.15, 0.2) is 48.1 Å². The summed E-state index contributed by atoms with van der Waals surface area (Å²) >= 11 is 0. The molecule has 5 atom stereocenters. The fraction of sp³-hybridized carbons (Fsp3) is 0.476. The van der Waals surface area contributed by atoms with Crippen molar-refractivity contribution in [3.05, 3.63) is 53.6 Å². The second-order valence-electron chi connectivity index (χ2n) is 7.69. The van der Waals surface area contributed by atoms with Crippen LogP contribution in [0.25, 0.3) is 5.57 Å². The zero-order valence-corrected chi connectivity index (χ0v) is 14.6. The van der Waals surface area contributed by atoms with Crippen molar-refractivity contribution in [1.29, 1.82) is 0 Å². The lowest BCUT2D eigenvalue weighted by molar-refractivity contribution is -0.132. The summed E-state index contributed by atoms with van der Waals surface area (Å²) in [7, 11) is 0. The van der Waals surface area contributed by atoms with Gasteiger partial charge in [-0.15, -0.1) is 0 Å². The summed E-state index contributed by atoms with van der Waals surface area (Å²) in [6, 6.07) is 10.1. The number of rotatable bonds is 3. The van der Waals surface area contributed by atoms with Crippen molar-refractivity contribution in [1.82, 2.24) is 4.90 Å². The van der Waals surface area contributed by atoms with Crippen LogP contribution >= 0.6 is 0 Å². The summed E-state index contributed by atoms with van der Waals surface area (Å²) in [5.41, 5.74) is 8.97. The molecule has 25 heavy (non-hydrogen) atoms. The van der Waals surface area contributed by atoms with Crippen LogP contribution in [-0.4, -0.2) is 36.1 Å². The minimum absolute atomic E-state index is 0.0486. The number of nitrogens with zero attached hydrogens (tertiary/aromatic N) is 1. The van der Waals surface area contributed by atoms with Gasteiger partial charge in [0.1, 0.15) is 6.17 Å².